The minimum absolute atomic E-state index is 0.166. The summed E-state index contributed by atoms with van der Waals surface area (Å²) in [5.74, 6) is 0.838. The van der Waals surface area contributed by atoms with Crippen LogP contribution in [0.3, 0.4) is 0 Å². The van der Waals surface area contributed by atoms with Crippen LogP contribution in [-0.2, 0) is 0 Å². The molecule has 1 unspecified atom stereocenters. The lowest BCUT2D eigenvalue weighted by Crippen LogP contribution is -2.29. The predicted molar refractivity (Wildman–Crippen MR) is 82.6 cm³/mol. The van der Waals surface area contributed by atoms with Gasteiger partial charge in [0.05, 0.1) is 0 Å². The van der Waals surface area contributed by atoms with E-state index in [0.29, 0.717) is 5.92 Å². The molecule has 0 bridgehead atoms. The zero-order valence-electron chi connectivity index (χ0n) is 12.5. The highest BCUT2D eigenvalue weighted by atomic mass is 16.4. The molecule has 3 N–H and O–H groups in total. The molecule has 0 spiro atoms. The summed E-state index contributed by atoms with van der Waals surface area (Å²) in [6.45, 7) is 5.29. The molecule has 1 aromatic rings. The maximum Gasteiger partial charge on any atom is 0.172 e. The average molecular weight is 276 g/mol. The smallest absolute Gasteiger partial charge is 0.172 e. The molecular formula is C15H24N4O. The number of aryl methyl sites for hydroxylation is 1. The summed E-state index contributed by atoms with van der Waals surface area (Å²) < 4.78 is 0. The summed E-state index contributed by atoms with van der Waals surface area (Å²) in [6, 6.07) is 6.06. The number of oxime groups is 1. The molecule has 110 valence electrons. The van der Waals surface area contributed by atoms with Crippen LogP contribution < -0.4 is 10.6 Å². The topological polar surface area (TPSA) is 65.1 Å². The van der Waals surface area contributed by atoms with Crippen molar-refractivity contribution in [2.75, 3.05) is 38.6 Å². The maximum absolute atomic E-state index is 8.94. The number of benzene rings is 1. The van der Waals surface area contributed by atoms with Gasteiger partial charge in [0, 0.05) is 31.4 Å². The van der Waals surface area contributed by atoms with Gasteiger partial charge in [0.2, 0.25) is 0 Å². The highest BCUT2D eigenvalue weighted by Crippen LogP contribution is 2.24. The molecule has 1 atom stereocenters. The van der Waals surface area contributed by atoms with E-state index in [4.69, 9.17) is 10.9 Å². The van der Waals surface area contributed by atoms with Crippen LogP contribution in [0.4, 0.5) is 5.69 Å². The number of likely N-dealkylation sites (tertiary alicyclic amines) is 1. The van der Waals surface area contributed by atoms with Gasteiger partial charge in [-0.15, -0.1) is 0 Å². The highest BCUT2D eigenvalue weighted by Gasteiger charge is 2.22. The molecule has 0 saturated carbocycles. The summed E-state index contributed by atoms with van der Waals surface area (Å²) in [5, 5.41) is 12.1. The van der Waals surface area contributed by atoms with Gasteiger partial charge in [-0.25, -0.2) is 0 Å². The van der Waals surface area contributed by atoms with Crippen LogP contribution in [0.25, 0.3) is 0 Å². The zero-order valence-corrected chi connectivity index (χ0v) is 12.5. The van der Waals surface area contributed by atoms with Crippen molar-refractivity contribution in [3.05, 3.63) is 29.3 Å². The van der Waals surface area contributed by atoms with Crippen LogP contribution in [0.2, 0.25) is 0 Å². The normalized spacial score (nSPS) is 20.4. The first-order valence-electron chi connectivity index (χ1n) is 6.99. The second-order valence-electron chi connectivity index (χ2n) is 5.80. The average Bonchev–Trinajstić information content (AvgIpc) is 2.82. The molecule has 5 heteroatoms. The van der Waals surface area contributed by atoms with Gasteiger partial charge >= 0.3 is 0 Å². The van der Waals surface area contributed by atoms with E-state index in [1.807, 2.05) is 19.1 Å². The van der Waals surface area contributed by atoms with Gasteiger partial charge in [-0.3, -0.25) is 0 Å². The molecular weight excluding hydrogens is 252 g/mol. The van der Waals surface area contributed by atoms with E-state index < -0.39 is 0 Å². The number of hydrogen-bond acceptors (Lipinski definition) is 4. The number of nitrogens with zero attached hydrogens (tertiary/aromatic N) is 3. The quantitative estimate of drug-likeness (QED) is 0.378. The number of hydrogen-bond donors (Lipinski definition) is 2. The van der Waals surface area contributed by atoms with Gasteiger partial charge in [-0.2, -0.15) is 0 Å². The Bertz CT molecular complexity index is 501. The van der Waals surface area contributed by atoms with Crippen molar-refractivity contribution in [1.82, 2.24) is 4.90 Å². The first-order valence-corrected chi connectivity index (χ1v) is 6.99. The van der Waals surface area contributed by atoms with Crippen LogP contribution in [0.1, 0.15) is 17.5 Å². The lowest BCUT2D eigenvalue weighted by atomic mass is 10.0. The number of rotatable bonds is 4. The van der Waals surface area contributed by atoms with Crippen molar-refractivity contribution in [1.29, 1.82) is 0 Å². The van der Waals surface area contributed by atoms with E-state index in [-0.39, 0.29) is 5.84 Å². The van der Waals surface area contributed by atoms with E-state index in [0.717, 1.165) is 29.9 Å². The van der Waals surface area contributed by atoms with Crippen molar-refractivity contribution >= 4 is 11.5 Å². The predicted octanol–water partition coefficient (Wildman–Crippen LogP) is 1.48. The fourth-order valence-electron chi connectivity index (χ4n) is 2.90. The Morgan fingerprint density at radius 1 is 1.55 bits per heavy atom. The van der Waals surface area contributed by atoms with Gasteiger partial charge in [-0.1, -0.05) is 16.8 Å². The summed E-state index contributed by atoms with van der Waals surface area (Å²) in [7, 11) is 4.23. The van der Waals surface area contributed by atoms with Crippen LogP contribution >= 0.6 is 0 Å². The van der Waals surface area contributed by atoms with E-state index in [9.17, 15) is 0 Å². The molecule has 0 amide bonds. The van der Waals surface area contributed by atoms with Crippen molar-refractivity contribution in [3.63, 3.8) is 0 Å². The molecule has 0 radical (unpaired) electrons. The number of nitrogens with two attached hydrogens (primary N) is 1. The standard InChI is InChI=1S/C15H24N4O/c1-11-4-5-14(13(8-11)15(16)17-20)19(3)10-12-6-7-18(2)9-12/h4-5,8,12,20H,6-7,9-10H2,1-3H3,(H2,16,17). The van der Waals surface area contributed by atoms with E-state index >= 15 is 0 Å². The Labute approximate surface area is 120 Å². The van der Waals surface area contributed by atoms with Crippen LogP contribution in [0.5, 0.6) is 0 Å². The monoisotopic (exact) mass is 276 g/mol. The Kier molecular flexibility index (Phi) is 4.49. The molecule has 2 rings (SSSR count). The summed E-state index contributed by atoms with van der Waals surface area (Å²) in [6.07, 6.45) is 1.23. The number of amidine groups is 1. The van der Waals surface area contributed by atoms with E-state index in [1.165, 1.54) is 13.0 Å². The van der Waals surface area contributed by atoms with Gasteiger partial charge in [0.15, 0.2) is 5.84 Å². The van der Waals surface area contributed by atoms with Gasteiger partial charge in [0.1, 0.15) is 0 Å². The molecule has 1 aromatic carbocycles. The van der Waals surface area contributed by atoms with Crippen LogP contribution in [0, 0.1) is 12.8 Å². The second kappa shape index (κ2) is 6.13. The second-order valence-corrected chi connectivity index (χ2v) is 5.80. The van der Waals surface area contributed by atoms with E-state index in [1.54, 1.807) is 0 Å². The third-order valence-corrected chi connectivity index (χ3v) is 3.97. The van der Waals surface area contributed by atoms with Crippen LogP contribution in [-0.4, -0.2) is 49.7 Å². The molecule has 1 saturated heterocycles. The fourth-order valence-corrected chi connectivity index (χ4v) is 2.90. The van der Waals surface area contributed by atoms with Crippen molar-refractivity contribution in [2.45, 2.75) is 13.3 Å². The lowest BCUT2D eigenvalue weighted by molar-refractivity contribution is 0.318. The summed E-state index contributed by atoms with van der Waals surface area (Å²) in [5.41, 5.74) is 8.71. The third-order valence-electron chi connectivity index (χ3n) is 3.97. The molecule has 1 aliphatic rings. The first-order chi connectivity index (χ1) is 9.51. The third kappa shape index (κ3) is 3.22. The zero-order chi connectivity index (χ0) is 14.7. The van der Waals surface area contributed by atoms with Crippen molar-refractivity contribution in [3.8, 4) is 0 Å². The SMILES string of the molecule is Cc1ccc(N(C)CC2CCN(C)C2)c(/C(N)=N/O)c1. The summed E-state index contributed by atoms with van der Waals surface area (Å²) in [4.78, 5) is 4.56. The van der Waals surface area contributed by atoms with Gasteiger partial charge in [-0.05, 0) is 45.0 Å². The minimum Gasteiger partial charge on any atom is -0.409 e. The minimum atomic E-state index is 0.166. The molecule has 5 nitrogen and oxygen atoms in total. The Balaban J connectivity index is 2.18. The molecule has 1 fully saturated rings. The van der Waals surface area contributed by atoms with Crippen molar-refractivity contribution in [2.24, 2.45) is 16.8 Å². The Morgan fingerprint density at radius 2 is 2.30 bits per heavy atom. The molecule has 20 heavy (non-hydrogen) atoms. The van der Waals surface area contributed by atoms with Crippen molar-refractivity contribution < 1.29 is 5.21 Å². The van der Waals surface area contributed by atoms with Gasteiger partial charge in [0.25, 0.3) is 0 Å². The first kappa shape index (κ1) is 14.7. The lowest BCUT2D eigenvalue weighted by Gasteiger charge is -2.25. The van der Waals surface area contributed by atoms with Gasteiger partial charge < -0.3 is 20.7 Å². The molecule has 1 heterocycles. The largest absolute Gasteiger partial charge is 0.409 e. The Hall–Kier alpha value is -1.75. The fraction of sp³-hybridized carbons (Fsp3) is 0.533. The molecule has 1 aliphatic heterocycles. The van der Waals surface area contributed by atoms with Crippen LogP contribution in [0.15, 0.2) is 23.4 Å². The maximum atomic E-state index is 8.94. The summed E-state index contributed by atoms with van der Waals surface area (Å²) >= 11 is 0. The highest BCUT2D eigenvalue weighted by molar-refractivity contribution is 6.02. The van der Waals surface area contributed by atoms with E-state index in [2.05, 4.69) is 35.1 Å². The Morgan fingerprint density at radius 3 is 2.90 bits per heavy atom. The molecule has 0 aromatic heterocycles. The molecule has 0 aliphatic carbocycles. The number of anilines is 1.